The van der Waals surface area contributed by atoms with Crippen molar-refractivity contribution in [2.24, 2.45) is 0 Å². The molecular formula is C20H20N2O5S. The van der Waals surface area contributed by atoms with Crippen molar-refractivity contribution in [3.05, 3.63) is 66.7 Å². The van der Waals surface area contributed by atoms with Gasteiger partial charge in [-0.15, -0.1) is 4.83 Å². The molecule has 0 saturated carbocycles. The van der Waals surface area contributed by atoms with E-state index >= 15 is 0 Å². The van der Waals surface area contributed by atoms with Crippen LogP contribution in [0.4, 0.5) is 0 Å². The van der Waals surface area contributed by atoms with Crippen LogP contribution in [0.25, 0.3) is 10.8 Å². The molecule has 0 fully saturated rings. The van der Waals surface area contributed by atoms with Crippen LogP contribution in [0.15, 0.2) is 71.6 Å². The van der Waals surface area contributed by atoms with Crippen molar-refractivity contribution in [2.75, 3.05) is 7.11 Å². The molecule has 0 heterocycles. The van der Waals surface area contributed by atoms with Crippen LogP contribution in [0.5, 0.6) is 11.5 Å². The maximum absolute atomic E-state index is 12.3. The number of hydrogen-bond acceptors (Lipinski definition) is 5. The number of hydrazine groups is 1. The summed E-state index contributed by atoms with van der Waals surface area (Å²) in [6, 6.07) is 19.0. The van der Waals surface area contributed by atoms with Crippen LogP contribution in [-0.4, -0.2) is 27.5 Å². The van der Waals surface area contributed by atoms with Gasteiger partial charge in [-0.2, -0.15) is 0 Å². The van der Waals surface area contributed by atoms with Gasteiger partial charge in [-0.05, 0) is 54.1 Å². The largest absolute Gasteiger partial charge is 0.497 e. The summed E-state index contributed by atoms with van der Waals surface area (Å²) in [7, 11) is -2.42. The van der Waals surface area contributed by atoms with Gasteiger partial charge in [-0.1, -0.05) is 30.3 Å². The van der Waals surface area contributed by atoms with Crippen molar-refractivity contribution in [2.45, 2.75) is 17.9 Å². The van der Waals surface area contributed by atoms with E-state index in [2.05, 4.69) is 10.3 Å². The summed E-state index contributed by atoms with van der Waals surface area (Å²) in [5, 5.41) is 2.03. The van der Waals surface area contributed by atoms with Crippen LogP contribution in [0.2, 0.25) is 0 Å². The zero-order valence-corrected chi connectivity index (χ0v) is 16.2. The Labute approximate surface area is 163 Å². The van der Waals surface area contributed by atoms with E-state index < -0.39 is 22.0 Å². The normalized spacial score (nSPS) is 12.4. The molecule has 0 saturated heterocycles. The lowest BCUT2D eigenvalue weighted by Crippen LogP contribution is -2.47. The number of sulfonamides is 1. The molecule has 0 bridgehead atoms. The molecule has 146 valence electrons. The van der Waals surface area contributed by atoms with Gasteiger partial charge in [0, 0.05) is 0 Å². The lowest BCUT2D eigenvalue weighted by molar-refractivity contribution is -0.127. The third-order valence-electron chi connectivity index (χ3n) is 4.08. The number of rotatable bonds is 7. The number of nitrogens with one attached hydrogen (secondary N) is 2. The van der Waals surface area contributed by atoms with E-state index in [0.717, 1.165) is 10.8 Å². The van der Waals surface area contributed by atoms with Crippen molar-refractivity contribution < 1.29 is 22.7 Å². The van der Waals surface area contributed by atoms with Gasteiger partial charge in [0.25, 0.3) is 15.9 Å². The van der Waals surface area contributed by atoms with Gasteiger partial charge < -0.3 is 9.47 Å². The number of methoxy groups -OCH3 is 1. The van der Waals surface area contributed by atoms with E-state index in [4.69, 9.17) is 9.47 Å². The van der Waals surface area contributed by atoms with Crippen molar-refractivity contribution in [3.63, 3.8) is 0 Å². The number of ether oxygens (including phenoxy) is 2. The van der Waals surface area contributed by atoms with Crippen LogP contribution < -0.4 is 19.7 Å². The first-order valence-electron chi connectivity index (χ1n) is 8.50. The Balaban J connectivity index is 1.61. The summed E-state index contributed by atoms with van der Waals surface area (Å²) >= 11 is 0. The summed E-state index contributed by atoms with van der Waals surface area (Å²) < 4.78 is 35.1. The molecule has 3 aromatic carbocycles. The molecule has 1 amide bonds. The van der Waals surface area contributed by atoms with Gasteiger partial charge in [-0.3, -0.25) is 10.2 Å². The number of benzene rings is 3. The SMILES string of the molecule is COc1ccc(S(=O)(=O)NNC(=O)[C@@H](C)Oc2ccc3ccccc3c2)cc1. The number of hydrogen-bond donors (Lipinski definition) is 2. The zero-order chi connectivity index (χ0) is 20.1. The predicted octanol–water partition coefficient (Wildman–Crippen LogP) is 2.63. The smallest absolute Gasteiger partial charge is 0.275 e. The lowest BCUT2D eigenvalue weighted by Gasteiger charge is -2.16. The molecule has 3 aromatic rings. The summed E-state index contributed by atoms with van der Waals surface area (Å²) in [6.45, 7) is 1.53. The van der Waals surface area contributed by atoms with E-state index in [1.165, 1.54) is 38.3 Å². The minimum atomic E-state index is -3.91. The van der Waals surface area contributed by atoms with Crippen molar-refractivity contribution >= 4 is 26.7 Å². The Kier molecular flexibility index (Phi) is 5.81. The molecule has 0 aliphatic heterocycles. The number of fused-ring (bicyclic) bond motifs is 1. The topological polar surface area (TPSA) is 93.7 Å². The van der Waals surface area contributed by atoms with Crippen LogP contribution in [0.1, 0.15) is 6.92 Å². The fourth-order valence-electron chi connectivity index (χ4n) is 2.53. The molecule has 0 radical (unpaired) electrons. The summed E-state index contributed by atoms with van der Waals surface area (Å²) in [5.74, 6) is 0.421. The van der Waals surface area contributed by atoms with E-state index in [1.54, 1.807) is 6.07 Å². The van der Waals surface area contributed by atoms with Crippen LogP contribution in [0.3, 0.4) is 0 Å². The van der Waals surface area contributed by atoms with Crippen molar-refractivity contribution in [1.82, 2.24) is 10.3 Å². The van der Waals surface area contributed by atoms with Gasteiger partial charge in [0.15, 0.2) is 6.10 Å². The molecule has 3 rings (SSSR count). The highest BCUT2D eigenvalue weighted by atomic mass is 32.2. The molecule has 0 aliphatic carbocycles. The number of carbonyl (C=O) groups is 1. The standard InChI is InChI=1S/C20H20N2O5S/c1-14(27-18-8-7-15-5-3-4-6-16(15)13-18)20(23)21-22-28(24,25)19-11-9-17(26-2)10-12-19/h3-14,22H,1-2H3,(H,21,23)/t14-/m1/s1. The molecule has 7 nitrogen and oxygen atoms in total. The lowest BCUT2D eigenvalue weighted by atomic mass is 10.1. The van der Waals surface area contributed by atoms with E-state index in [0.29, 0.717) is 11.5 Å². The molecule has 8 heteroatoms. The fraction of sp³-hybridized carbons (Fsp3) is 0.150. The average Bonchev–Trinajstić information content (AvgIpc) is 2.72. The Morgan fingerprint density at radius 1 is 0.929 bits per heavy atom. The molecule has 0 aliphatic rings. The highest BCUT2D eigenvalue weighted by Crippen LogP contribution is 2.21. The van der Waals surface area contributed by atoms with Crippen LogP contribution in [0, 0.1) is 0 Å². The summed E-state index contributed by atoms with van der Waals surface area (Å²) in [6.07, 6.45) is -0.903. The summed E-state index contributed by atoms with van der Waals surface area (Å²) in [5.41, 5.74) is 2.17. The highest BCUT2D eigenvalue weighted by Gasteiger charge is 2.19. The minimum Gasteiger partial charge on any atom is -0.497 e. The molecule has 28 heavy (non-hydrogen) atoms. The van der Waals surface area contributed by atoms with Crippen LogP contribution in [-0.2, 0) is 14.8 Å². The Morgan fingerprint density at radius 3 is 2.25 bits per heavy atom. The van der Waals surface area contributed by atoms with E-state index in [9.17, 15) is 13.2 Å². The van der Waals surface area contributed by atoms with E-state index in [1.807, 2.05) is 36.4 Å². The Morgan fingerprint density at radius 2 is 1.57 bits per heavy atom. The quantitative estimate of drug-likeness (QED) is 0.595. The number of amides is 1. The molecular weight excluding hydrogens is 380 g/mol. The van der Waals surface area contributed by atoms with Crippen molar-refractivity contribution in [3.8, 4) is 11.5 Å². The predicted molar refractivity (Wildman–Crippen MR) is 105 cm³/mol. The first-order valence-corrected chi connectivity index (χ1v) is 9.98. The fourth-order valence-corrected chi connectivity index (χ4v) is 3.38. The van der Waals surface area contributed by atoms with Crippen LogP contribution >= 0.6 is 0 Å². The van der Waals surface area contributed by atoms with Crippen molar-refractivity contribution in [1.29, 1.82) is 0 Å². The second-order valence-electron chi connectivity index (χ2n) is 6.04. The molecule has 2 N–H and O–H groups in total. The first kappa shape index (κ1) is 19.7. The Bertz CT molecular complexity index is 1080. The van der Waals surface area contributed by atoms with E-state index in [-0.39, 0.29) is 4.90 Å². The molecule has 0 unspecified atom stereocenters. The van der Waals surface area contributed by atoms with Gasteiger partial charge in [0.05, 0.1) is 12.0 Å². The highest BCUT2D eigenvalue weighted by molar-refractivity contribution is 7.89. The third kappa shape index (κ3) is 4.59. The monoisotopic (exact) mass is 400 g/mol. The van der Waals surface area contributed by atoms with Gasteiger partial charge in [0.2, 0.25) is 0 Å². The maximum atomic E-state index is 12.3. The zero-order valence-electron chi connectivity index (χ0n) is 15.4. The Hall–Kier alpha value is -3.10. The third-order valence-corrected chi connectivity index (χ3v) is 5.34. The molecule has 0 spiro atoms. The van der Waals surface area contributed by atoms with Gasteiger partial charge >= 0.3 is 0 Å². The first-order chi connectivity index (χ1) is 13.4. The second kappa shape index (κ2) is 8.28. The second-order valence-corrected chi connectivity index (χ2v) is 7.72. The van der Waals surface area contributed by atoms with Gasteiger partial charge in [0.1, 0.15) is 11.5 Å². The summed E-state index contributed by atoms with van der Waals surface area (Å²) in [4.78, 5) is 14.3. The molecule has 0 aromatic heterocycles. The minimum absolute atomic E-state index is 0.00305. The maximum Gasteiger partial charge on any atom is 0.275 e. The number of carbonyl (C=O) groups excluding carboxylic acids is 1. The average molecular weight is 400 g/mol. The molecule has 1 atom stereocenters. The van der Waals surface area contributed by atoms with Gasteiger partial charge in [-0.25, -0.2) is 8.42 Å².